The van der Waals surface area contributed by atoms with Crippen LogP contribution >= 0.6 is 0 Å². The van der Waals surface area contributed by atoms with Crippen molar-refractivity contribution in [3.05, 3.63) is 22.7 Å². The normalized spacial score (nSPS) is 26.4. The van der Waals surface area contributed by atoms with Gasteiger partial charge in [-0.15, -0.1) is 0 Å². The van der Waals surface area contributed by atoms with Gasteiger partial charge in [-0.05, 0) is 6.07 Å². The van der Waals surface area contributed by atoms with Crippen molar-refractivity contribution in [2.75, 3.05) is 25.6 Å². The number of hydrogen-bond acceptors (Lipinski definition) is 6. The van der Waals surface area contributed by atoms with Gasteiger partial charge in [0, 0.05) is 17.5 Å². The van der Waals surface area contributed by atoms with Crippen LogP contribution in [0.1, 0.15) is 13.2 Å². The van der Waals surface area contributed by atoms with Gasteiger partial charge in [-0.1, -0.05) is 6.92 Å². The number of aliphatic hydroxyl groups is 2. The Morgan fingerprint density at radius 1 is 1.61 bits per heavy atom. The highest BCUT2D eigenvalue weighted by Crippen LogP contribution is 2.42. The maximum absolute atomic E-state index is 11.7. The van der Waals surface area contributed by atoms with E-state index in [2.05, 4.69) is 4.98 Å². The van der Waals surface area contributed by atoms with Crippen LogP contribution in [0.2, 0.25) is 0 Å². The summed E-state index contributed by atoms with van der Waals surface area (Å²) < 4.78 is 6.86. The zero-order valence-corrected chi connectivity index (χ0v) is 10.1. The molecule has 0 unspecified atom stereocenters. The van der Waals surface area contributed by atoms with E-state index in [1.54, 1.807) is 0 Å². The molecular weight excluding hydrogens is 238 g/mol. The van der Waals surface area contributed by atoms with Gasteiger partial charge < -0.3 is 20.7 Å². The van der Waals surface area contributed by atoms with Crippen molar-refractivity contribution in [2.24, 2.45) is 11.3 Å². The van der Waals surface area contributed by atoms with Gasteiger partial charge in [0.2, 0.25) is 0 Å². The van der Waals surface area contributed by atoms with E-state index in [0.29, 0.717) is 0 Å². The number of rotatable bonds is 3. The predicted molar refractivity (Wildman–Crippen MR) is 63.7 cm³/mol. The van der Waals surface area contributed by atoms with Crippen molar-refractivity contribution >= 4 is 5.82 Å². The van der Waals surface area contributed by atoms with Crippen LogP contribution < -0.4 is 11.4 Å². The molecule has 0 bridgehead atoms. The van der Waals surface area contributed by atoms with Gasteiger partial charge in [-0.25, -0.2) is 4.79 Å². The van der Waals surface area contributed by atoms with E-state index in [9.17, 15) is 15.0 Å². The number of ether oxygens (including phenoxy) is 1. The van der Waals surface area contributed by atoms with Crippen molar-refractivity contribution in [1.82, 2.24) is 9.55 Å². The first-order valence-corrected chi connectivity index (χ1v) is 5.72. The SMILES string of the molecule is C[C@@H]1[C@@H](n2ccc(N)nc2=O)OCC1(CO)CO. The summed E-state index contributed by atoms with van der Waals surface area (Å²) >= 11 is 0. The topological polar surface area (TPSA) is 111 Å². The molecular formula is C11H17N3O4. The van der Waals surface area contributed by atoms with E-state index >= 15 is 0 Å². The lowest BCUT2D eigenvalue weighted by atomic mass is 9.79. The highest BCUT2D eigenvalue weighted by molar-refractivity contribution is 5.23. The van der Waals surface area contributed by atoms with Gasteiger partial charge >= 0.3 is 5.69 Å². The zero-order valence-electron chi connectivity index (χ0n) is 10.1. The molecule has 0 aromatic carbocycles. The third-order valence-electron chi connectivity index (χ3n) is 3.69. The number of aromatic nitrogens is 2. The Balaban J connectivity index is 2.34. The Morgan fingerprint density at radius 3 is 2.78 bits per heavy atom. The molecule has 4 N–H and O–H groups in total. The minimum atomic E-state index is -0.731. The number of nitrogen functional groups attached to an aromatic ring is 1. The molecule has 100 valence electrons. The Labute approximate surface area is 104 Å². The first-order chi connectivity index (χ1) is 8.54. The van der Waals surface area contributed by atoms with Gasteiger partial charge in [0.05, 0.1) is 19.8 Å². The van der Waals surface area contributed by atoms with Crippen LogP contribution in [0.15, 0.2) is 17.1 Å². The lowest BCUT2D eigenvalue weighted by Gasteiger charge is -2.29. The number of hydrogen-bond donors (Lipinski definition) is 3. The van der Waals surface area contributed by atoms with Crippen LogP contribution in [0.5, 0.6) is 0 Å². The second-order valence-electron chi connectivity index (χ2n) is 4.71. The molecule has 1 aliphatic rings. The molecule has 1 aromatic rings. The average molecular weight is 255 g/mol. The van der Waals surface area contributed by atoms with Crippen LogP contribution in [-0.2, 0) is 4.74 Å². The molecule has 1 fully saturated rings. The molecule has 1 aliphatic heterocycles. The van der Waals surface area contributed by atoms with Crippen molar-refractivity contribution < 1.29 is 14.9 Å². The largest absolute Gasteiger partial charge is 0.396 e. The van der Waals surface area contributed by atoms with E-state index in [4.69, 9.17) is 10.5 Å². The van der Waals surface area contributed by atoms with E-state index in [1.165, 1.54) is 16.8 Å². The molecule has 1 saturated heterocycles. The fourth-order valence-corrected chi connectivity index (χ4v) is 2.20. The van der Waals surface area contributed by atoms with Gasteiger partial charge in [0.25, 0.3) is 0 Å². The van der Waals surface area contributed by atoms with Gasteiger partial charge in [-0.2, -0.15) is 4.98 Å². The highest BCUT2D eigenvalue weighted by atomic mass is 16.5. The molecule has 2 rings (SSSR count). The maximum Gasteiger partial charge on any atom is 0.351 e. The molecule has 2 atom stereocenters. The van der Waals surface area contributed by atoms with E-state index in [1.807, 2.05) is 6.92 Å². The third kappa shape index (κ3) is 1.90. The molecule has 0 radical (unpaired) electrons. The van der Waals surface area contributed by atoms with Gasteiger partial charge in [0.15, 0.2) is 0 Å². The third-order valence-corrected chi connectivity index (χ3v) is 3.69. The standard InChI is InChI=1S/C11H17N3O4/c1-7-9(18-6-11(7,4-15)5-16)14-3-2-8(12)13-10(14)17/h2-3,7,9,15-16H,4-6H2,1H3,(H2,12,13,17)/t7-,9+/m1/s1. The van der Waals surface area contributed by atoms with Crippen molar-refractivity contribution in [3.8, 4) is 0 Å². The molecule has 2 heterocycles. The Kier molecular flexibility index (Phi) is 3.38. The lowest BCUT2D eigenvalue weighted by Crippen LogP contribution is -2.38. The zero-order chi connectivity index (χ0) is 13.3. The fourth-order valence-electron chi connectivity index (χ4n) is 2.20. The monoisotopic (exact) mass is 255 g/mol. The van der Waals surface area contributed by atoms with E-state index < -0.39 is 17.3 Å². The van der Waals surface area contributed by atoms with Crippen LogP contribution in [0.3, 0.4) is 0 Å². The van der Waals surface area contributed by atoms with Gasteiger partial charge in [0.1, 0.15) is 12.0 Å². The summed E-state index contributed by atoms with van der Waals surface area (Å²) in [6.07, 6.45) is 0.960. The number of aliphatic hydroxyl groups excluding tert-OH is 2. The Morgan fingerprint density at radius 2 is 2.28 bits per heavy atom. The summed E-state index contributed by atoms with van der Waals surface area (Å²) in [6, 6.07) is 1.51. The number of nitrogens with zero attached hydrogens (tertiary/aromatic N) is 2. The van der Waals surface area contributed by atoms with Gasteiger partial charge in [-0.3, -0.25) is 4.57 Å². The minimum absolute atomic E-state index is 0.150. The molecule has 1 aromatic heterocycles. The van der Waals surface area contributed by atoms with E-state index in [0.717, 1.165) is 0 Å². The average Bonchev–Trinajstić information content (AvgIpc) is 2.68. The summed E-state index contributed by atoms with van der Waals surface area (Å²) in [4.78, 5) is 15.4. The number of anilines is 1. The second kappa shape index (κ2) is 4.68. The van der Waals surface area contributed by atoms with Crippen LogP contribution in [0.4, 0.5) is 5.82 Å². The van der Waals surface area contributed by atoms with Crippen LogP contribution in [-0.4, -0.2) is 39.6 Å². The molecule has 0 spiro atoms. The quantitative estimate of drug-likeness (QED) is 0.636. The van der Waals surface area contributed by atoms with Crippen molar-refractivity contribution in [3.63, 3.8) is 0 Å². The fraction of sp³-hybridized carbons (Fsp3) is 0.636. The summed E-state index contributed by atoms with van der Waals surface area (Å²) in [5, 5.41) is 18.8. The molecule has 0 saturated carbocycles. The predicted octanol–water partition coefficient (Wildman–Crippen LogP) is -1.04. The Bertz CT molecular complexity index is 483. The first kappa shape index (κ1) is 13.0. The smallest absolute Gasteiger partial charge is 0.351 e. The van der Waals surface area contributed by atoms with Crippen LogP contribution in [0, 0.1) is 11.3 Å². The summed E-state index contributed by atoms with van der Waals surface area (Å²) in [6.45, 7) is 1.63. The summed E-state index contributed by atoms with van der Waals surface area (Å²) in [7, 11) is 0. The molecule has 7 heteroatoms. The minimum Gasteiger partial charge on any atom is -0.396 e. The summed E-state index contributed by atoms with van der Waals surface area (Å²) in [5.74, 6) is -0.0619. The first-order valence-electron chi connectivity index (χ1n) is 5.72. The molecule has 0 aliphatic carbocycles. The van der Waals surface area contributed by atoms with Crippen LogP contribution in [0.25, 0.3) is 0 Å². The van der Waals surface area contributed by atoms with Crippen molar-refractivity contribution in [2.45, 2.75) is 13.2 Å². The maximum atomic E-state index is 11.7. The number of nitrogens with two attached hydrogens (primary N) is 1. The highest BCUT2D eigenvalue weighted by Gasteiger charge is 2.47. The van der Waals surface area contributed by atoms with Crippen molar-refractivity contribution in [1.29, 1.82) is 0 Å². The molecule has 18 heavy (non-hydrogen) atoms. The Hall–Kier alpha value is -1.44. The molecule has 0 amide bonds. The second-order valence-corrected chi connectivity index (χ2v) is 4.71. The van der Waals surface area contributed by atoms with E-state index in [-0.39, 0.29) is 31.6 Å². The lowest BCUT2D eigenvalue weighted by molar-refractivity contribution is 0.0213. The molecule has 7 nitrogen and oxygen atoms in total. The summed E-state index contributed by atoms with van der Waals surface area (Å²) in [5.41, 5.74) is 4.19.